The molecule has 1 fully saturated rings. The molecule has 1 saturated heterocycles. The van der Waals surface area contributed by atoms with E-state index in [1.807, 2.05) is 23.8 Å². The van der Waals surface area contributed by atoms with E-state index in [0.717, 1.165) is 13.1 Å². The second-order valence-electron chi connectivity index (χ2n) is 5.62. The average molecular weight is 260 g/mol. The molecule has 1 aliphatic rings. The number of nitrogens with zero attached hydrogens (tertiary/aromatic N) is 2. The first-order chi connectivity index (χ1) is 8.88. The van der Waals surface area contributed by atoms with E-state index < -0.39 is 0 Å². The van der Waals surface area contributed by atoms with Gasteiger partial charge >= 0.3 is 6.03 Å². The van der Waals surface area contributed by atoms with Crippen LogP contribution in [0.15, 0.2) is 6.07 Å². The largest absolute Gasteiger partial charge is 0.323 e. The van der Waals surface area contributed by atoms with E-state index in [1.54, 1.807) is 0 Å². The summed E-state index contributed by atoms with van der Waals surface area (Å²) < 4.78 is 0. The molecule has 1 unspecified atom stereocenters. The molecule has 1 aromatic carbocycles. The van der Waals surface area contributed by atoms with Gasteiger partial charge in [-0.05, 0) is 62.4 Å². The maximum absolute atomic E-state index is 12.2. The summed E-state index contributed by atoms with van der Waals surface area (Å²) >= 11 is 0. The van der Waals surface area contributed by atoms with Gasteiger partial charge in [0.05, 0.1) is 6.04 Å². The van der Waals surface area contributed by atoms with Crippen LogP contribution in [0.1, 0.15) is 40.8 Å². The SMILES string of the molecule is CCN1CC(c2c(C)c(C)cc(C)c2C)N(C)C1=O. The Bertz CT molecular complexity index is 496. The molecule has 2 rings (SSSR count). The number of hydrogen-bond acceptors (Lipinski definition) is 1. The molecule has 1 aromatic rings. The first kappa shape index (κ1) is 13.9. The van der Waals surface area contributed by atoms with E-state index in [9.17, 15) is 4.79 Å². The fourth-order valence-electron chi connectivity index (χ4n) is 3.06. The molecular formula is C16H24N2O. The number of amides is 2. The molecule has 1 aliphatic heterocycles. The van der Waals surface area contributed by atoms with Gasteiger partial charge in [-0.15, -0.1) is 0 Å². The Morgan fingerprint density at radius 2 is 1.68 bits per heavy atom. The van der Waals surface area contributed by atoms with Gasteiger partial charge in [-0.1, -0.05) is 6.07 Å². The third kappa shape index (κ3) is 2.11. The Morgan fingerprint density at radius 3 is 2.11 bits per heavy atom. The van der Waals surface area contributed by atoms with Gasteiger partial charge in [-0.2, -0.15) is 0 Å². The van der Waals surface area contributed by atoms with Gasteiger partial charge in [0, 0.05) is 20.1 Å². The predicted octanol–water partition coefficient (Wildman–Crippen LogP) is 3.35. The molecule has 0 aromatic heterocycles. The highest BCUT2D eigenvalue weighted by Crippen LogP contribution is 2.34. The van der Waals surface area contributed by atoms with Crippen molar-refractivity contribution in [2.45, 2.75) is 40.7 Å². The molecule has 19 heavy (non-hydrogen) atoms. The van der Waals surface area contributed by atoms with Crippen molar-refractivity contribution in [3.63, 3.8) is 0 Å². The lowest BCUT2D eigenvalue weighted by Crippen LogP contribution is -2.29. The first-order valence-electron chi connectivity index (χ1n) is 6.97. The third-order valence-corrected chi connectivity index (χ3v) is 4.57. The van der Waals surface area contributed by atoms with Gasteiger partial charge in [0.2, 0.25) is 0 Å². The number of rotatable bonds is 2. The summed E-state index contributed by atoms with van der Waals surface area (Å²) in [5, 5.41) is 0. The quantitative estimate of drug-likeness (QED) is 0.800. The zero-order valence-corrected chi connectivity index (χ0v) is 12.9. The van der Waals surface area contributed by atoms with Crippen molar-refractivity contribution >= 4 is 6.03 Å². The van der Waals surface area contributed by atoms with Gasteiger partial charge in [-0.3, -0.25) is 0 Å². The Morgan fingerprint density at radius 1 is 1.16 bits per heavy atom. The normalized spacial score (nSPS) is 19.5. The average Bonchev–Trinajstić information content (AvgIpc) is 2.65. The molecule has 3 heteroatoms. The molecule has 3 nitrogen and oxygen atoms in total. The van der Waals surface area contributed by atoms with E-state index in [0.29, 0.717) is 0 Å². The van der Waals surface area contributed by atoms with Crippen LogP contribution in [0.5, 0.6) is 0 Å². The van der Waals surface area contributed by atoms with Crippen LogP contribution in [0.3, 0.4) is 0 Å². The summed E-state index contributed by atoms with van der Waals surface area (Å²) in [6, 6.07) is 2.57. The van der Waals surface area contributed by atoms with Crippen LogP contribution in [-0.2, 0) is 0 Å². The molecule has 0 N–H and O–H groups in total. The van der Waals surface area contributed by atoms with Gasteiger partial charge in [0.1, 0.15) is 0 Å². The molecule has 0 radical (unpaired) electrons. The van der Waals surface area contributed by atoms with Crippen molar-refractivity contribution in [2.24, 2.45) is 0 Å². The highest BCUT2D eigenvalue weighted by atomic mass is 16.2. The number of likely N-dealkylation sites (N-methyl/N-ethyl adjacent to an activating group) is 2. The van der Waals surface area contributed by atoms with Crippen molar-refractivity contribution in [2.75, 3.05) is 20.1 Å². The number of carbonyl (C=O) groups excluding carboxylic acids is 1. The fourth-order valence-corrected chi connectivity index (χ4v) is 3.06. The van der Waals surface area contributed by atoms with Gasteiger partial charge in [0.15, 0.2) is 0 Å². The summed E-state index contributed by atoms with van der Waals surface area (Å²) in [4.78, 5) is 16.0. The van der Waals surface area contributed by atoms with Crippen molar-refractivity contribution < 1.29 is 4.79 Å². The van der Waals surface area contributed by atoms with E-state index in [1.165, 1.54) is 27.8 Å². The Labute approximate surface area is 116 Å². The zero-order chi connectivity index (χ0) is 14.3. The minimum atomic E-state index is 0.144. The molecule has 0 spiro atoms. The highest BCUT2D eigenvalue weighted by Gasteiger charge is 2.36. The van der Waals surface area contributed by atoms with Crippen LogP contribution in [0.25, 0.3) is 0 Å². The lowest BCUT2D eigenvalue weighted by Gasteiger charge is -2.24. The number of benzene rings is 1. The molecule has 0 bridgehead atoms. The van der Waals surface area contributed by atoms with Crippen LogP contribution < -0.4 is 0 Å². The topological polar surface area (TPSA) is 23.6 Å². The lowest BCUT2D eigenvalue weighted by molar-refractivity contribution is 0.197. The van der Waals surface area contributed by atoms with Gasteiger partial charge in [0.25, 0.3) is 0 Å². The summed E-state index contributed by atoms with van der Waals surface area (Å²) in [6.45, 7) is 12.3. The monoisotopic (exact) mass is 260 g/mol. The molecule has 0 saturated carbocycles. The Kier molecular flexibility index (Phi) is 3.57. The smallest absolute Gasteiger partial charge is 0.320 e. The van der Waals surface area contributed by atoms with Crippen LogP contribution >= 0.6 is 0 Å². The van der Waals surface area contributed by atoms with E-state index in [4.69, 9.17) is 0 Å². The Hall–Kier alpha value is -1.51. The highest BCUT2D eigenvalue weighted by molar-refractivity contribution is 5.77. The zero-order valence-electron chi connectivity index (χ0n) is 12.9. The number of urea groups is 1. The van der Waals surface area contributed by atoms with Crippen LogP contribution in [0.2, 0.25) is 0 Å². The van der Waals surface area contributed by atoms with E-state index >= 15 is 0 Å². The minimum Gasteiger partial charge on any atom is -0.323 e. The molecular weight excluding hydrogens is 236 g/mol. The van der Waals surface area contributed by atoms with E-state index in [-0.39, 0.29) is 12.1 Å². The van der Waals surface area contributed by atoms with Gasteiger partial charge in [-0.25, -0.2) is 4.79 Å². The van der Waals surface area contributed by atoms with E-state index in [2.05, 4.69) is 33.8 Å². The van der Waals surface area contributed by atoms with Crippen LogP contribution in [0.4, 0.5) is 4.79 Å². The fraction of sp³-hybridized carbons (Fsp3) is 0.562. The molecule has 1 atom stereocenters. The van der Waals surface area contributed by atoms with Crippen LogP contribution in [-0.4, -0.2) is 36.0 Å². The van der Waals surface area contributed by atoms with Crippen molar-refractivity contribution in [1.29, 1.82) is 0 Å². The van der Waals surface area contributed by atoms with Crippen molar-refractivity contribution in [3.8, 4) is 0 Å². The summed E-state index contributed by atoms with van der Waals surface area (Å²) in [7, 11) is 1.92. The number of aryl methyl sites for hydroxylation is 2. The number of hydrogen-bond donors (Lipinski definition) is 0. The molecule has 2 amide bonds. The third-order valence-electron chi connectivity index (χ3n) is 4.57. The van der Waals surface area contributed by atoms with Crippen LogP contribution in [0, 0.1) is 27.7 Å². The second-order valence-corrected chi connectivity index (χ2v) is 5.62. The first-order valence-corrected chi connectivity index (χ1v) is 6.97. The predicted molar refractivity (Wildman–Crippen MR) is 78.5 cm³/mol. The van der Waals surface area contributed by atoms with Crippen molar-refractivity contribution in [1.82, 2.24) is 9.80 Å². The number of carbonyl (C=O) groups is 1. The van der Waals surface area contributed by atoms with Gasteiger partial charge < -0.3 is 9.80 Å². The molecule has 104 valence electrons. The Balaban J connectivity index is 2.51. The molecule has 1 heterocycles. The summed E-state index contributed by atoms with van der Waals surface area (Å²) in [6.07, 6.45) is 0. The van der Waals surface area contributed by atoms with Crippen molar-refractivity contribution in [3.05, 3.63) is 33.9 Å². The summed E-state index contributed by atoms with van der Waals surface area (Å²) in [5.74, 6) is 0. The molecule has 0 aliphatic carbocycles. The standard InChI is InChI=1S/C16H24N2O/c1-7-18-9-14(17(6)16(18)19)15-12(4)10(2)8-11(3)13(15)5/h8,14H,7,9H2,1-6H3. The second kappa shape index (κ2) is 4.87. The maximum atomic E-state index is 12.2. The lowest BCUT2D eigenvalue weighted by atomic mass is 9.89. The minimum absolute atomic E-state index is 0.144. The maximum Gasteiger partial charge on any atom is 0.320 e. The summed E-state index contributed by atoms with van der Waals surface area (Å²) in [5.41, 5.74) is 6.61.